The molecule has 0 aromatic heterocycles. The molecule has 1 aromatic carbocycles. The van der Waals surface area contributed by atoms with Crippen LogP contribution in [-0.4, -0.2) is 21.0 Å². The molecule has 0 unspecified atom stereocenters. The molecule has 110 valence electrons. The molecule has 0 amide bonds. The van der Waals surface area contributed by atoms with Crippen molar-refractivity contribution < 1.29 is 17.9 Å². The predicted octanol–water partition coefficient (Wildman–Crippen LogP) is 1.64. The molecule has 2 N–H and O–H groups in total. The summed E-state index contributed by atoms with van der Waals surface area (Å²) in [7, 11) is -3.68. The van der Waals surface area contributed by atoms with Gasteiger partial charge in [-0.2, -0.15) is 0 Å². The summed E-state index contributed by atoms with van der Waals surface area (Å²) in [5.74, 6) is -0.322. The van der Waals surface area contributed by atoms with Crippen LogP contribution >= 0.6 is 0 Å². The summed E-state index contributed by atoms with van der Waals surface area (Å²) in [4.78, 5) is 12.0. The standard InChI is InChI=1S/C14H19NO4S/c1-4-19-13(16)12-11(14(12,2)3)9-5-7-10(8-6-9)20(15,17)18/h5-8,11-12H,4H2,1-3H3,(H2,15,17,18)/t11-,12+/m0/s1. The maximum atomic E-state index is 11.9. The number of nitrogens with two attached hydrogens (primary N) is 1. The van der Waals surface area contributed by atoms with Crippen LogP contribution in [0.4, 0.5) is 0 Å². The Balaban J connectivity index is 2.23. The summed E-state index contributed by atoms with van der Waals surface area (Å²) in [6.07, 6.45) is 0. The monoisotopic (exact) mass is 297 g/mol. The van der Waals surface area contributed by atoms with E-state index in [0.717, 1.165) is 5.56 Å². The summed E-state index contributed by atoms with van der Waals surface area (Å²) in [6.45, 7) is 6.16. The fourth-order valence-electron chi connectivity index (χ4n) is 2.80. The van der Waals surface area contributed by atoms with Gasteiger partial charge in [-0.25, -0.2) is 13.6 Å². The van der Waals surface area contributed by atoms with Crippen molar-refractivity contribution in [3.8, 4) is 0 Å². The Kier molecular flexibility index (Phi) is 3.64. The summed E-state index contributed by atoms with van der Waals surface area (Å²) >= 11 is 0. The van der Waals surface area contributed by atoms with Gasteiger partial charge in [0.05, 0.1) is 17.4 Å². The molecule has 0 bridgehead atoms. The first kappa shape index (κ1) is 15.0. The Bertz CT molecular complexity index is 619. The number of ether oxygens (including phenoxy) is 1. The molecule has 0 aliphatic heterocycles. The van der Waals surface area contributed by atoms with Gasteiger partial charge in [0.2, 0.25) is 10.0 Å². The number of esters is 1. The molecule has 0 saturated heterocycles. The average Bonchev–Trinajstić information content (AvgIpc) is 2.92. The summed E-state index contributed by atoms with van der Waals surface area (Å²) in [5.41, 5.74) is 0.760. The van der Waals surface area contributed by atoms with Crippen LogP contribution in [0.2, 0.25) is 0 Å². The summed E-state index contributed by atoms with van der Waals surface area (Å²) in [5, 5.41) is 5.07. The molecule has 0 radical (unpaired) electrons. The van der Waals surface area contributed by atoms with Crippen LogP contribution in [0.15, 0.2) is 29.2 Å². The van der Waals surface area contributed by atoms with Gasteiger partial charge in [-0.05, 0) is 30.0 Å². The van der Waals surface area contributed by atoms with E-state index in [1.54, 1.807) is 19.1 Å². The molecule has 2 atom stereocenters. The zero-order valence-electron chi connectivity index (χ0n) is 11.8. The van der Waals surface area contributed by atoms with Gasteiger partial charge in [0.25, 0.3) is 0 Å². The third kappa shape index (κ3) is 2.58. The highest BCUT2D eigenvalue weighted by atomic mass is 32.2. The molecule has 5 nitrogen and oxygen atoms in total. The lowest BCUT2D eigenvalue weighted by molar-refractivity contribution is -0.145. The first-order valence-corrected chi connectivity index (χ1v) is 8.03. The number of hydrogen-bond donors (Lipinski definition) is 1. The largest absolute Gasteiger partial charge is 0.466 e. The summed E-state index contributed by atoms with van der Waals surface area (Å²) in [6, 6.07) is 6.37. The van der Waals surface area contributed by atoms with Crippen molar-refractivity contribution in [3.63, 3.8) is 0 Å². The number of primary sulfonamides is 1. The quantitative estimate of drug-likeness (QED) is 0.856. The second-order valence-corrected chi connectivity index (χ2v) is 7.20. The van der Waals surface area contributed by atoms with Gasteiger partial charge < -0.3 is 4.74 Å². The fraction of sp³-hybridized carbons (Fsp3) is 0.500. The Labute approximate surface area is 119 Å². The number of benzene rings is 1. The van der Waals surface area contributed by atoms with Crippen molar-refractivity contribution in [2.45, 2.75) is 31.6 Å². The topological polar surface area (TPSA) is 86.5 Å². The van der Waals surface area contributed by atoms with Gasteiger partial charge in [-0.15, -0.1) is 0 Å². The van der Waals surface area contributed by atoms with E-state index in [-0.39, 0.29) is 28.1 Å². The lowest BCUT2D eigenvalue weighted by Gasteiger charge is -2.04. The van der Waals surface area contributed by atoms with Gasteiger partial charge in [-0.1, -0.05) is 26.0 Å². The number of carbonyl (C=O) groups excluding carboxylic acids is 1. The first-order chi connectivity index (χ1) is 9.19. The Morgan fingerprint density at radius 3 is 2.30 bits per heavy atom. The second-order valence-electron chi connectivity index (χ2n) is 5.64. The van der Waals surface area contributed by atoms with Crippen LogP contribution in [-0.2, 0) is 19.6 Å². The lowest BCUT2D eigenvalue weighted by atomic mass is 10.0. The highest BCUT2D eigenvalue weighted by Gasteiger charge is 2.63. The van der Waals surface area contributed by atoms with Crippen molar-refractivity contribution in [2.24, 2.45) is 16.5 Å². The molecule has 1 fully saturated rings. The van der Waals surface area contributed by atoms with Gasteiger partial charge in [0, 0.05) is 5.92 Å². The highest BCUT2D eigenvalue weighted by molar-refractivity contribution is 7.89. The van der Waals surface area contributed by atoms with E-state index >= 15 is 0 Å². The van der Waals surface area contributed by atoms with E-state index in [0.29, 0.717) is 6.61 Å². The molecule has 0 heterocycles. The van der Waals surface area contributed by atoms with Crippen molar-refractivity contribution >= 4 is 16.0 Å². The van der Waals surface area contributed by atoms with Gasteiger partial charge in [-0.3, -0.25) is 4.79 Å². The SMILES string of the molecule is CCOC(=O)[C@H]1[C@H](c2ccc(S(N)(=O)=O)cc2)C1(C)C. The van der Waals surface area contributed by atoms with Crippen molar-refractivity contribution in [3.05, 3.63) is 29.8 Å². The van der Waals surface area contributed by atoms with Crippen molar-refractivity contribution in [2.75, 3.05) is 6.61 Å². The number of carbonyl (C=O) groups is 1. The molecule has 1 aromatic rings. The molecule has 20 heavy (non-hydrogen) atoms. The van der Waals surface area contributed by atoms with Crippen LogP contribution in [0.3, 0.4) is 0 Å². The first-order valence-electron chi connectivity index (χ1n) is 6.49. The normalized spacial score (nSPS) is 24.2. The highest BCUT2D eigenvalue weighted by Crippen LogP contribution is 2.64. The molecular formula is C14H19NO4S. The van der Waals surface area contributed by atoms with Crippen molar-refractivity contribution in [1.82, 2.24) is 0 Å². The van der Waals surface area contributed by atoms with Crippen LogP contribution in [0, 0.1) is 11.3 Å². The Hall–Kier alpha value is -1.40. The van der Waals surface area contributed by atoms with E-state index in [1.807, 2.05) is 13.8 Å². The predicted molar refractivity (Wildman–Crippen MR) is 74.5 cm³/mol. The molecule has 1 aliphatic carbocycles. The van der Waals surface area contributed by atoms with Gasteiger partial charge in [0.1, 0.15) is 0 Å². The van der Waals surface area contributed by atoms with E-state index in [1.165, 1.54) is 12.1 Å². The molecule has 0 spiro atoms. The minimum absolute atomic E-state index is 0.0519. The van der Waals surface area contributed by atoms with Gasteiger partial charge >= 0.3 is 5.97 Å². The number of sulfonamides is 1. The van der Waals surface area contributed by atoms with Crippen molar-refractivity contribution in [1.29, 1.82) is 0 Å². The third-order valence-corrected chi connectivity index (χ3v) is 4.86. The van der Waals surface area contributed by atoms with Crippen LogP contribution in [0.1, 0.15) is 32.3 Å². The zero-order valence-corrected chi connectivity index (χ0v) is 12.6. The molecule has 1 aliphatic rings. The Morgan fingerprint density at radius 1 is 1.30 bits per heavy atom. The fourth-order valence-corrected chi connectivity index (χ4v) is 3.31. The maximum Gasteiger partial charge on any atom is 0.310 e. The van der Waals surface area contributed by atoms with E-state index in [2.05, 4.69) is 0 Å². The van der Waals surface area contributed by atoms with Crippen LogP contribution in [0.25, 0.3) is 0 Å². The summed E-state index contributed by atoms with van der Waals surface area (Å²) < 4.78 is 27.5. The van der Waals surface area contributed by atoms with E-state index in [4.69, 9.17) is 9.88 Å². The molecule has 6 heteroatoms. The van der Waals surface area contributed by atoms with Crippen LogP contribution in [0.5, 0.6) is 0 Å². The molecule has 2 rings (SSSR count). The number of hydrogen-bond acceptors (Lipinski definition) is 4. The van der Waals surface area contributed by atoms with Crippen LogP contribution < -0.4 is 5.14 Å². The molecular weight excluding hydrogens is 278 g/mol. The minimum atomic E-state index is -3.68. The maximum absolute atomic E-state index is 11.9. The number of rotatable bonds is 4. The van der Waals surface area contributed by atoms with E-state index < -0.39 is 10.0 Å². The van der Waals surface area contributed by atoms with E-state index in [9.17, 15) is 13.2 Å². The zero-order chi connectivity index (χ0) is 15.1. The second kappa shape index (κ2) is 4.86. The third-order valence-electron chi connectivity index (χ3n) is 3.94. The minimum Gasteiger partial charge on any atom is -0.466 e. The molecule has 1 saturated carbocycles. The smallest absolute Gasteiger partial charge is 0.310 e. The lowest BCUT2D eigenvalue weighted by Crippen LogP contribution is -2.12. The Morgan fingerprint density at radius 2 is 1.85 bits per heavy atom. The average molecular weight is 297 g/mol. The van der Waals surface area contributed by atoms with Gasteiger partial charge in [0.15, 0.2) is 0 Å².